The van der Waals surface area contributed by atoms with Crippen molar-refractivity contribution in [3.05, 3.63) is 70.3 Å². The van der Waals surface area contributed by atoms with Gasteiger partial charge in [0.25, 0.3) is 0 Å². The number of aryl methyl sites for hydroxylation is 1. The van der Waals surface area contributed by atoms with Crippen LogP contribution in [0.25, 0.3) is 23.4 Å². The van der Waals surface area contributed by atoms with E-state index in [1.807, 2.05) is 30.5 Å². The summed E-state index contributed by atoms with van der Waals surface area (Å²) in [4.78, 5) is 8.73. The average molecular weight is 278 g/mol. The van der Waals surface area contributed by atoms with Gasteiger partial charge in [-0.3, -0.25) is 4.98 Å². The fourth-order valence-corrected chi connectivity index (χ4v) is 2.58. The molecule has 0 saturated carbocycles. The van der Waals surface area contributed by atoms with Gasteiger partial charge in [0.2, 0.25) is 0 Å². The van der Waals surface area contributed by atoms with E-state index in [4.69, 9.17) is 0 Å². The molecule has 0 atom stereocenters. The van der Waals surface area contributed by atoms with Gasteiger partial charge >= 0.3 is 0 Å². The van der Waals surface area contributed by atoms with E-state index < -0.39 is 0 Å². The Bertz CT molecular complexity index is 712. The smallest absolute Gasteiger partial charge is 0.116 e. The first kappa shape index (κ1) is 12.8. The van der Waals surface area contributed by atoms with E-state index >= 15 is 0 Å². The van der Waals surface area contributed by atoms with Crippen molar-refractivity contribution in [3.8, 4) is 11.3 Å². The molecular weight excluding hydrogens is 264 g/mol. The number of benzene rings is 1. The molecule has 2 aromatic heterocycles. The summed E-state index contributed by atoms with van der Waals surface area (Å²) in [7, 11) is 0. The summed E-state index contributed by atoms with van der Waals surface area (Å²) in [6.45, 7) is 2.09. The molecule has 3 heteroatoms. The van der Waals surface area contributed by atoms with E-state index in [2.05, 4.69) is 46.5 Å². The first-order chi connectivity index (χ1) is 9.81. The molecule has 0 radical (unpaired) electrons. The van der Waals surface area contributed by atoms with Crippen LogP contribution in [0.5, 0.6) is 0 Å². The van der Waals surface area contributed by atoms with Crippen molar-refractivity contribution in [1.82, 2.24) is 9.97 Å². The number of thiazole rings is 1. The van der Waals surface area contributed by atoms with Gasteiger partial charge in [0.15, 0.2) is 0 Å². The van der Waals surface area contributed by atoms with Crippen LogP contribution in [0.3, 0.4) is 0 Å². The van der Waals surface area contributed by atoms with Gasteiger partial charge < -0.3 is 0 Å². The topological polar surface area (TPSA) is 25.8 Å². The molecule has 0 aliphatic rings. The van der Waals surface area contributed by atoms with E-state index in [9.17, 15) is 0 Å². The summed E-state index contributed by atoms with van der Waals surface area (Å²) < 4.78 is 0. The van der Waals surface area contributed by atoms with Crippen molar-refractivity contribution in [3.63, 3.8) is 0 Å². The van der Waals surface area contributed by atoms with Crippen LogP contribution in [0.1, 0.15) is 16.1 Å². The third kappa shape index (κ3) is 3.00. The minimum Gasteiger partial charge on any atom is -0.264 e. The first-order valence-electron chi connectivity index (χ1n) is 6.42. The van der Waals surface area contributed by atoms with Crippen molar-refractivity contribution in [2.24, 2.45) is 0 Å². The summed E-state index contributed by atoms with van der Waals surface area (Å²) in [5.41, 5.74) is 4.54. The van der Waals surface area contributed by atoms with Gasteiger partial charge in [0.05, 0.1) is 5.69 Å². The highest BCUT2D eigenvalue weighted by atomic mass is 32.1. The number of nitrogens with zero attached hydrogens (tertiary/aromatic N) is 2. The molecule has 0 saturated heterocycles. The maximum absolute atomic E-state index is 4.64. The predicted octanol–water partition coefficient (Wildman–Crippen LogP) is 4.68. The standard InChI is InChI=1S/C17H14N2S/c1-13-4-7-15(8-5-13)16-12-20-17(19-16)9-6-14-3-2-10-18-11-14/h2-12H,1H3/b9-6+. The summed E-state index contributed by atoms with van der Waals surface area (Å²) in [6, 6.07) is 12.4. The molecule has 98 valence electrons. The lowest BCUT2D eigenvalue weighted by Gasteiger charge is -1.96. The molecule has 0 unspecified atom stereocenters. The number of rotatable bonds is 3. The zero-order valence-corrected chi connectivity index (χ0v) is 12.0. The zero-order valence-electron chi connectivity index (χ0n) is 11.2. The van der Waals surface area contributed by atoms with E-state index in [0.717, 1.165) is 21.8 Å². The Kier molecular flexibility index (Phi) is 3.70. The minimum atomic E-state index is 1.00. The maximum atomic E-state index is 4.64. The van der Waals surface area contributed by atoms with Crippen molar-refractivity contribution in [1.29, 1.82) is 0 Å². The number of hydrogen-bond acceptors (Lipinski definition) is 3. The molecule has 0 aliphatic heterocycles. The molecular formula is C17H14N2S. The molecule has 2 heterocycles. The molecule has 20 heavy (non-hydrogen) atoms. The van der Waals surface area contributed by atoms with Crippen molar-refractivity contribution in [2.75, 3.05) is 0 Å². The normalized spacial score (nSPS) is 11.1. The van der Waals surface area contributed by atoms with Gasteiger partial charge in [-0.2, -0.15) is 0 Å². The van der Waals surface area contributed by atoms with Gasteiger partial charge in [-0.1, -0.05) is 42.0 Å². The Morgan fingerprint density at radius 3 is 2.65 bits per heavy atom. The second-order valence-electron chi connectivity index (χ2n) is 4.56. The van der Waals surface area contributed by atoms with Crippen LogP contribution in [0, 0.1) is 6.92 Å². The van der Waals surface area contributed by atoms with E-state index in [0.29, 0.717) is 0 Å². The second-order valence-corrected chi connectivity index (χ2v) is 5.45. The molecule has 0 spiro atoms. The van der Waals surface area contributed by atoms with E-state index in [1.54, 1.807) is 17.5 Å². The highest BCUT2D eigenvalue weighted by Gasteiger charge is 2.02. The lowest BCUT2D eigenvalue weighted by molar-refractivity contribution is 1.32. The Hall–Kier alpha value is -2.26. The molecule has 0 aliphatic carbocycles. The summed E-state index contributed by atoms with van der Waals surface area (Å²) in [5, 5.41) is 3.09. The predicted molar refractivity (Wildman–Crippen MR) is 85.5 cm³/mol. The molecule has 0 amide bonds. The van der Waals surface area contributed by atoms with E-state index in [-0.39, 0.29) is 0 Å². The van der Waals surface area contributed by atoms with Crippen LogP contribution in [-0.4, -0.2) is 9.97 Å². The Morgan fingerprint density at radius 2 is 1.90 bits per heavy atom. The summed E-state index contributed by atoms with van der Waals surface area (Å²) in [6.07, 6.45) is 7.67. The zero-order chi connectivity index (χ0) is 13.8. The molecule has 0 N–H and O–H groups in total. The first-order valence-corrected chi connectivity index (χ1v) is 7.30. The van der Waals surface area contributed by atoms with Crippen molar-refractivity contribution in [2.45, 2.75) is 6.92 Å². The number of aromatic nitrogens is 2. The molecule has 2 nitrogen and oxygen atoms in total. The van der Waals surface area contributed by atoms with Crippen molar-refractivity contribution < 1.29 is 0 Å². The van der Waals surface area contributed by atoms with Crippen molar-refractivity contribution >= 4 is 23.5 Å². The van der Waals surface area contributed by atoms with Crippen LogP contribution in [0.4, 0.5) is 0 Å². The lowest BCUT2D eigenvalue weighted by atomic mass is 10.1. The maximum Gasteiger partial charge on any atom is 0.116 e. The van der Waals surface area contributed by atoms with Gasteiger partial charge in [0.1, 0.15) is 5.01 Å². The Balaban J connectivity index is 1.80. The Morgan fingerprint density at radius 1 is 1.05 bits per heavy atom. The number of hydrogen-bond donors (Lipinski definition) is 0. The fraction of sp³-hybridized carbons (Fsp3) is 0.0588. The van der Waals surface area contributed by atoms with Crippen LogP contribution < -0.4 is 0 Å². The van der Waals surface area contributed by atoms with Gasteiger partial charge in [-0.15, -0.1) is 11.3 Å². The molecule has 1 aromatic carbocycles. The van der Waals surface area contributed by atoms with Crippen LogP contribution in [0.2, 0.25) is 0 Å². The second kappa shape index (κ2) is 5.80. The van der Waals surface area contributed by atoms with Gasteiger partial charge in [-0.25, -0.2) is 4.98 Å². The summed E-state index contributed by atoms with van der Waals surface area (Å²) in [5.74, 6) is 0. The minimum absolute atomic E-state index is 1.00. The third-order valence-corrected chi connectivity index (χ3v) is 3.78. The van der Waals surface area contributed by atoms with E-state index in [1.165, 1.54) is 5.56 Å². The third-order valence-electron chi connectivity index (χ3n) is 2.97. The fourth-order valence-electron chi connectivity index (χ4n) is 1.86. The van der Waals surface area contributed by atoms with Crippen LogP contribution in [0.15, 0.2) is 54.2 Å². The lowest BCUT2D eigenvalue weighted by Crippen LogP contribution is -1.79. The monoisotopic (exact) mass is 278 g/mol. The molecule has 3 aromatic rings. The number of pyridine rings is 1. The van der Waals surface area contributed by atoms with Gasteiger partial charge in [-0.05, 0) is 24.6 Å². The molecule has 0 bridgehead atoms. The SMILES string of the molecule is Cc1ccc(-c2csc(/C=C/c3cccnc3)n2)cc1. The average Bonchev–Trinajstić information content (AvgIpc) is 2.96. The highest BCUT2D eigenvalue weighted by Crippen LogP contribution is 2.23. The summed E-state index contributed by atoms with van der Waals surface area (Å²) >= 11 is 1.65. The molecule has 0 fully saturated rings. The highest BCUT2D eigenvalue weighted by molar-refractivity contribution is 7.10. The Labute approximate surface area is 122 Å². The van der Waals surface area contributed by atoms with Crippen LogP contribution in [-0.2, 0) is 0 Å². The van der Waals surface area contributed by atoms with Gasteiger partial charge in [0, 0.05) is 23.3 Å². The quantitative estimate of drug-likeness (QED) is 0.695. The molecule has 3 rings (SSSR count). The largest absolute Gasteiger partial charge is 0.264 e. The van der Waals surface area contributed by atoms with Crippen LogP contribution >= 0.6 is 11.3 Å².